The summed E-state index contributed by atoms with van der Waals surface area (Å²) in [6.45, 7) is 1.67. The van der Waals surface area contributed by atoms with Crippen LogP contribution in [0.1, 0.15) is 6.92 Å². The van der Waals surface area contributed by atoms with Crippen LogP contribution in [-0.2, 0) is 11.5 Å². The zero-order valence-electron chi connectivity index (χ0n) is 12.6. The number of nitrogens with zero attached hydrogens (tertiary/aromatic N) is 4. The second-order valence-corrected chi connectivity index (χ2v) is 5.35. The molecule has 0 bridgehead atoms. The number of anilines is 1. The van der Waals surface area contributed by atoms with Crippen molar-refractivity contribution in [1.29, 1.82) is 0 Å². The molecule has 0 spiro atoms. The molecule has 0 saturated carbocycles. The first-order valence-electron chi connectivity index (χ1n) is 7.30. The first-order chi connectivity index (χ1) is 11.1. The summed E-state index contributed by atoms with van der Waals surface area (Å²) in [7, 11) is 0. The van der Waals surface area contributed by atoms with Crippen LogP contribution in [0.5, 0.6) is 0 Å². The molecule has 0 amide bonds. The van der Waals surface area contributed by atoms with Gasteiger partial charge in [-0.05, 0) is 6.92 Å². The Balaban J connectivity index is 1.86. The number of aliphatic hydroxyl groups is 3. The molecule has 0 unspecified atom stereocenters. The van der Waals surface area contributed by atoms with Crippen molar-refractivity contribution >= 4 is 28.8 Å². The van der Waals surface area contributed by atoms with Crippen molar-refractivity contribution in [2.75, 3.05) is 18.5 Å². The third kappa shape index (κ3) is 3.04. The van der Waals surface area contributed by atoms with Crippen molar-refractivity contribution in [3.05, 3.63) is 12.5 Å². The van der Waals surface area contributed by atoms with E-state index < -0.39 is 24.9 Å². The molecule has 2 aromatic heterocycles. The van der Waals surface area contributed by atoms with E-state index in [4.69, 9.17) is 4.74 Å². The third-order valence-electron chi connectivity index (χ3n) is 3.71. The molecule has 2 aromatic rings. The lowest BCUT2D eigenvalue weighted by atomic mass is 10.1. The Morgan fingerprint density at radius 3 is 2.96 bits per heavy atom. The summed E-state index contributed by atoms with van der Waals surface area (Å²) < 4.78 is 7.25. The van der Waals surface area contributed by atoms with E-state index in [2.05, 4.69) is 20.3 Å². The lowest BCUT2D eigenvalue weighted by Gasteiger charge is -2.23. The molecule has 0 saturated heterocycles. The number of hydrogen-bond donors (Lipinski definition) is 4. The SMILES string of the molecule is C[C@H](O)[C@H](O)[C@@H](CO)OCn1cc2c3c(ncnc31)NCC=N2. The molecule has 0 aromatic carbocycles. The normalized spacial score (nSPS) is 17.6. The zero-order chi connectivity index (χ0) is 16.4. The molecular weight excluding hydrogens is 302 g/mol. The Hall–Kier alpha value is -2.07. The Morgan fingerprint density at radius 1 is 1.39 bits per heavy atom. The van der Waals surface area contributed by atoms with E-state index in [1.807, 2.05) is 0 Å². The van der Waals surface area contributed by atoms with Crippen LogP contribution in [0.3, 0.4) is 0 Å². The van der Waals surface area contributed by atoms with Gasteiger partial charge in [-0.2, -0.15) is 0 Å². The van der Waals surface area contributed by atoms with Gasteiger partial charge in [-0.1, -0.05) is 0 Å². The van der Waals surface area contributed by atoms with Crippen LogP contribution in [0.15, 0.2) is 17.5 Å². The van der Waals surface area contributed by atoms with Gasteiger partial charge in [-0.25, -0.2) is 9.97 Å². The molecule has 3 atom stereocenters. The highest BCUT2D eigenvalue weighted by Crippen LogP contribution is 2.33. The van der Waals surface area contributed by atoms with Gasteiger partial charge in [0.25, 0.3) is 0 Å². The van der Waals surface area contributed by atoms with Crippen LogP contribution in [0.2, 0.25) is 0 Å². The van der Waals surface area contributed by atoms with Gasteiger partial charge in [0.2, 0.25) is 0 Å². The van der Waals surface area contributed by atoms with E-state index >= 15 is 0 Å². The minimum Gasteiger partial charge on any atom is -0.394 e. The number of aliphatic hydroxyl groups excluding tert-OH is 3. The molecule has 0 fully saturated rings. The maximum Gasteiger partial charge on any atom is 0.149 e. The lowest BCUT2D eigenvalue weighted by Crippen LogP contribution is -2.40. The number of aromatic nitrogens is 3. The lowest BCUT2D eigenvalue weighted by molar-refractivity contribution is -0.119. The Kier molecular flexibility index (Phi) is 4.53. The number of aliphatic imine (C=N–C) groups is 1. The predicted molar refractivity (Wildman–Crippen MR) is 83.8 cm³/mol. The van der Waals surface area contributed by atoms with Crippen LogP contribution in [0.4, 0.5) is 11.5 Å². The number of ether oxygens (including phenoxy) is 1. The van der Waals surface area contributed by atoms with Crippen LogP contribution >= 0.6 is 0 Å². The van der Waals surface area contributed by atoms with Gasteiger partial charge >= 0.3 is 0 Å². The van der Waals surface area contributed by atoms with Gasteiger partial charge in [0, 0.05) is 12.4 Å². The Morgan fingerprint density at radius 2 is 2.22 bits per heavy atom. The highest BCUT2D eigenvalue weighted by atomic mass is 16.5. The standard InChI is InChI=1S/C14H19N5O4/c1-8(21)12(22)10(5-20)23-7-19-4-9-11-13(16-3-2-15-9)17-6-18-14(11)19/h2,4,6,8,10,12,20-22H,3,5,7H2,1H3,(H,16,17,18)/t8-,10+,12-/m0/s1. The van der Waals surface area contributed by atoms with Crippen LogP contribution in [0.25, 0.3) is 11.0 Å². The Labute approximate surface area is 132 Å². The van der Waals surface area contributed by atoms with Gasteiger partial charge in [-0.15, -0.1) is 0 Å². The van der Waals surface area contributed by atoms with Crippen molar-refractivity contribution in [3.63, 3.8) is 0 Å². The molecule has 9 nitrogen and oxygen atoms in total. The van der Waals surface area contributed by atoms with Crippen LogP contribution < -0.4 is 5.32 Å². The van der Waals surface area contributed by atoms with E-state index in [9.17, 15) is 15.3 Å². The average Bonchev–Trinajstić information content (AvgIpc) is 2.77. The van der Waals surface area contributed by atoms with Crippen molar-refractivity contribution in [2.45, 2.75) is 32.0 Å². The smallest absolute Gasteiger partial charge is 0.149 e. The quantitative estimate of drug-likeness (QED) is 0.572. The second kappa shape index (κ2) is 6.59. The minimum absolute atomic E-state index is 0.0531. The molecule has 1 aliphatic rings. The molecule has 23 heavy (non-hydrogen) atoms. The van der Waals surface area contributed by atoms with Gasteiger partial charge in [-0.3, -0.25) is 4.99 Å². The van der Waals surface area contributed by atoms with Crippen LogP contribution in [0, 0.1) is 0 Å². The average molecular weight is 321 g/mol. The molecule has 9 heteroatoms. The largest absolute Gasteiger partial charge is 0.394 e. The number of nitrogens with one attached hydrogen (secondary N) is 1. The molecule has 3 heterocycles. The van der Waals surface area contributed by atoms with Crippen molar-refractivity contribution in [1.82, 2.24) is 14.5 Å². The Bertz CT molecular complexity index is 715. The molecule has 1 aliphatic heterocycles. The van der Waals surface area contributed by atoms with Gasteiger partial charge in [0.15, 0.2) is 0 Å². The maximum atomic E-state index is 9.82. The first kappa shape index (κ1) is 15.8. The fourth-order valence-corrected chi connectivity index (χ4v) is 2.47. The van der Waals surface area contributed by atoms with Gasteiger partial charge in [0.1, 0.15) is 36.7 Å². The summed E-state index contributed by atoms with van der Waals surface area (Å²) in [5, 5.41) is 32.5. The summed E-state index contributed by atoms with van der Waals surface area (Å²) >= 11 is 0. The molecule has 0 aliphatic carbocycles. The second-order valence-electron chi connectivity index (χ2n) is 5.35. The van der Waals surface area contributed by atoms with Crippen LogP contribution in [-0.4, -0.2) is 67.5 Å². The fraction of sp³-hybridized carbons (Fsp3) is 0.500. The van der Waals surface area contributed by atoms with Crippen molar-refractivity contribution < 1.29 is 20.1 Å². The van der Waals surface area contributed by atoms with E-state index in [1.165, 1.54) is 13.3 Å². The monoisotopic (exact) mass is 321 g/mol. The highest BCUT2D eigenvalue weighted by molar-refractivity contribution is 6.00. The first-order valence-corrected chi connectivity index (χ1v) is 7.30. The summed E-state index contributed by atoms with van der Waals surface area (Å²) in [4.78, 5) is 12.8. The van der Waals surface area contributed by atoms with E-state index in [-0.39, 0.29) is 6.73 Å². The summed E-state index contributed by atoms with van der Waals surface area (Å²) in [5.41, 5.74) is 1.36. The predicted octanol–water partition coefficient (Wildman–Crippen LogP) is -0.364. The topological polar surface area (TPSA) is 125 Å². The molecule has 4 N–H and O–H groups in total. The summed E-state index contributed by atoms with van der Waals surface area (Å²) in [6, 6.07) is 0. The third-order valence-corrected chi connectivity index (χ3v) is 3.71. The fourth-order valence-electron chi connectivity index (χ4n) is 2.47. The summed E-state index contributed by atoms with van der Waals surface area (Å²) in [5.74, 6) is 0.698. The summed E-state index contributed by atoms with van der Waals surface area (Å²) in [6.07, 6.45) is 1.89. The van der Waals surface area contributed by atoms with E-state index in [1.54, 1.807) is 17.0 Å². The zero-order valence-corrected chi connectivity index (χ0v) is 12.6. The van der Waals surface area contributed by atoms with Crippen molar-refractivity contribution in [3.8, 4) is 0 Å². The molecule has 124 valence electrons. The number of rotatable bonds is 6. The van der Waals surface area contributed by atoms with Crippen molar-refractivity contribution in [2.24, 2.45) is 4.99 Å². The van der Waals surface area contributed by atoms with Gasteiger partial charge < -0.3 is 29.9 Å². The maximum absolute atomic E-state index is 9.82. The molecule has 0 radical (unpaired) electrons. The van der Waals surface area contributed by atoms with E-state index in [0.717, 1.165) is 11.1 Å². The molecule has 3 rings (SSSR count). The highest BCUT2D eigenvalue weighted by Gasteiger charge is 2.24. The van der Waals surface area contributed by atoms with E-state index in [0.29, 0.717) is 18.0 Å². The number of hydrogen-bond acceptors (Lipinski definition) is 8. The minimum atomic E-state index is -1.18. The molecular formula is C14H19N5O4. The van der Waals surface area contributed by atoms with Gasteiger partial charge in [0.05, 0.1) is 30.3 Å².